The molecule has 3 aliphatic carbocycles. The minimum atomic E-state index is -2.15. The molecule has 46 heavy (non-hydrogen) atoms. The number of pyridine rings is 1. The number of hydrogen-bond donors (Lipinski definition) is 5. The normalized spacial score (nSPS) is 18.3. The van der Waals surface area contributed by atoms with Crippen LogP contribution in [0.3, 0.4) is 0 Å². The van der Waals surface area contributed by atoms with Crippen molar-refractivity contribution in [3.63, 3.8) is 0 Å². The highest BCUT2D eigenvalue weighted by atomic mass is 32.1. The lowest BCUT2D eigenvalue weighted by Crippen LogP contribution is -2.36. The standard InChI is InChI=1S/C31H20N4O10S/c1-10-33-14(9-46-10)29(43)35-32-8-13-6-12-5-11-3-4-31(22(11)26(40)17(12)30(44)34-13)27(41)20-21(28(31)42)25(39)19-18(24(20)38)15(36)7-16(45-2)23(19)37/h5-9,38-40H,3-4H2,1-2H3,(H,34,44)(H,35,43). The van der Waals surface area contributed by atoms with Crippen LogP contribution in [0.15, 0.2) is 39.2 Å². The third-order valence-electron chi connectivity index (χ3n) is 8.48. The number of H-pyrrole nitrogens is 1. The average molecular weight is 641 g/mol. The summed E-state index contributed by atoms with van der Waals surface area (Å²) in [5.74, 6) is -7.46. The first-order chi connectivity index (χ1) is 21.9. The van der Waals surface area contributed by atoms with E-state index in [1.807, 2.05) is 0 Å². The molecule has 3 aliphatic rings. The number of aryl methyl sites for hydroxylation is 2. The van der Waals surface area contributed by atoms with Gasteiger partial charge in [-0.3, -0.25) is 28.8 Å². The molecule has 0 saturated carbocycles. The summed E-state index contributed by atoms with van der Waals surface area (Å²) in [6, 6.07) is 3.00. The fourth-order valence-corrected chi connectivity index (χ4v) is 7.11. The third-order valence-corrected chi connectivity index (χ3v) is 9.26. The predicted molar refractivity (Wildman–Crippen MR) is 160 cm³/mol. The monoisotopic (exact) mass is 640 g/mol. The number of phenolic OH excluding ortho intramolecular Hbond substituents is 3. The van der Waals surface area contributed by atoms with Crippen LogP contribution in [0.4, 0.5) is 0 Å². The molecule has 4 aromatic rings. The van der Waals surface area contributed by atoms with Gasteiger partial charge in [0.25, 0.3) is 11.5 Å². The van der Waals surface area contributed by atoms with Crippen LogP contribution in [0.1, 0.15) is 80.2 Å². The maximum absolute atomic E-state index is 14.1. The predicted octanol–water partition coefficient (Wildman–Crippen LogP) is 2.35. The van der Waals surface area contributed by atoms with Gasteiger partial charge in [0.1, 0.15) is 28.4 Å². The molecular weight excluding hydrogens is 620 g/mol. The van der Waals surface area contributed by atoms with Gasteiger partial charge in [-0.05, 0) is 36.8 Å². The Labute approximate surface area is 260 Å². The molecule has 0 bridgehead atoms. The minimum Gasteiger partial charge on any atom is -0.507 e. The lowest BCUT2D eigenvalue weighted by atomic mass is 9.76. The van der Waals surface area contributed by atoms with Crippen molar-refractivity contribution in [2.75, 3.05) is 7.11 Å². The number of rotatable bonds is 4. The topological polar surface area (TPSA) is 225 Å². The van der Waals surface area contributed by atoms with Crippen molar-refractivity contribution in [3.05, 3.63) is 89.5 Å². The molecule has 2 aromatic carbocycles. The number of phenols is 3. The van der Waals surface area contributed by atoms with Crippen LogP contribution in [0, 0.1) is 6.92 Å². The molecule has 14 nitrogen and oxygen atoms in total. The van der Waals surface area contributed by atoms with E-state index in [4.69, 9.17) is 4.74 Å². The Balaban J connectivity index is 1.32. The first-order valence-corrected chi connectivity index (χ1v) is 14.5. The van der Waals surface area contributed by atoms with Crippen molar-refractivity contribution < 1.29 is 44.0 Å². The highest BCUT2D eigenvalue weighted by Gasteiger charge is 2.61. The van der Waals surface area contributed by atoms with Gasteiger partial charge in [-0.2, -0.15) is 5.10 Å². The number of fused-ring (bicyclic) bond motifs is 5. The third kappa shape index (κ3) is 3.68. The second-order valence-corrected chi connectivity index (χ2v) is 12.0. The molecule has 0 aliphatic heterocycles. The molecule has 1 amide bonds. The fraction of sp³-hybridized carbons (Fsp3) is 0.161. The maximum Gasteiger partial charge on any atom is 0.290 e. The van der Waals surface area contributed by atoms with E-state index in [2.05, 4.69) is 20.5 Å². The first-order valence-electron chi connectivity index (χ1n) is 13.6. The Bertz CT molecular complexity index is 2300. The molecule has 0 radical (unpaired) electrons. The van der Waals surface area contributed by atoms with E-state index in [0.29, 0.717) is 10.6 Å². The van der Waals surface area contributed by atoms with E-state index in [9.17, 15) is 44.1 Å². The molecule has 1 spiro atoms. The van der Waals surface area contributed by atoms with E-state index >= 15 is 0 Å². The van der Waals surface area contributed by atoms with Crippen LogP contribution in [0.2, 0.25) is 0 Å². The van der Waals surface area contributed by atoms with Crippen molar-refractivity contribution >= 4 is 57.4 Å². The number of allylic oxidation sites excluding steroid dienone is 2. The van der Waals surface area contributed by atoms with Crippen molar-refractivity contribution in [2.45, 2.75) is 25.2 Å². The Kier molecular flexibility index (Phi) is 6.11. The zero-order valence-corrected chi connectivity index (χ0v) is 24.6. The van der Waals surface area contributed by atoms with Crippen molar-refractivity contribution in [1.82, 2.24) is 15.4 Å². The summed E-state index contributed by atoms with van der Waals surface area (Å²) in [5, 5.41) is 39.8. The quantitative estimate of drug-likeness (QED) is 0.0942. The summed E-state index contributed by atoms with van der Waals surface area (Å²) in [7, 11) is 1.12. The molecule has 0 saturated heterocycles. The van der Waals surface area contributed by atoms with Crippen LogP contribution in [-0.2, 0) is 16.6 Å². The number of carbonyl (C=O) groups is 5. The number of nitrogens with one attached hydrogen (secondary N) is 2. The van der Waals surface area contributed by atoms with E-state index in [-0.39, 0.29) is 40.6 Å². The summed E-state index contributed by atoms with van der Waals surface area (Å²) in [6.07, 6.45) is 1.87. The Morgan fingerprint density at radius 3 is 2.39 bits per heavy atom. The Morgan fingerprint density at radius 1 is 1.04 bits per heavy atom. The highest BCUT2D eigenvalue weighted by Crippen LogP contribution is 2.57. The van der Waals surface area contributed by atoms with Crippen LogP contribution in [0.5, 0.6) is 17.2 Å². The molecule has 15 heteroatoms. The molecule has 7 rings (SSSR count). The zero-order valence-electron chi connectivity index (χ0n) is 23.8. The van der Waals surface area contributed by atoms with Crippen LogP contribution in [-0.4, -0.2) is 67.7 Å². The van der Waals surface area contributed by atoms with E-state index in [0.717, 1.165) is 13.2 Å². The minimum absolute atomic E-state index is 0.0815. The number of aromatic hydroxyl groups is 3. The lowest BCUT2D eigenvalue weighted by molar-refractivity contribution is 0.0790. The number of Topliss-reactive ketones (excluding diaryl/α,β-unsaturated/α-hetero) is 3. The number of hydrazone groups is 1. The molecule has 5 N–H and O–H groups in total. The molecule has 1 atom stereocenters. The number of aromatic nitrogens is 2. The number of amides is 1. The largest absolute Gasteiger partial charge is 0.507 e. The average Bonchev–Trinajstić information content (AvgIpc) is 3.68. The second kappa shape index (κ2) is 9.77. The molecule has 1 unspecified atom stereocenters. The van der Waals surface area contributed by atoms with Gasteiger partial charge >= 0.3 is 0 Å². The van der Waals surface area contributed by atoms with E-state index in [1.54, 1.807) is 12.3 Å². The number of methoxy groups -OCH3 is 1. The number of hydrogen-bond acceptors (Lipinski definition) is 13. The van der Waals surface area contributed by atoms with Gasteiger partial charge in [-0.15, -0.1) is 11.3 Å². The van der Waals surface area contributed by atoms with Crippen LogP contribution >= 0.6 is 11.3 Å². The van der Waals surface area contributed by atoms with Gasteiger partial charge in [0, 0.05) is 17.0 Å². The summed E-state index contributed by atoms with van der Waals surface area (Å²) >= 11 is 1.29. The summed E-state index contributed by atoms with van der Waals surface area (Å²) in [5.41, 5.74) is -2.77. The number of thiazole rings is 1. The lowest BCUT2D eigenvalue weighted by Gasteiger charge is -2.22. The Hall–Kier alpha value is -5.96. The van der Waals surface area contributed by atoms with Crippen molar-refractivity contribution in [1.29, 1.82) is 0 Å². The second-order valence-electron chi connectivity index (χ2n) is 10.9. The first kappa shape index (κ1) is 28.8. The number of carbonyl (C=O) groups excluding carboxylic acids is 5. The molecule has 0 fully saturated rings. The van der Waals surface area contributed by atoms with Gasteiger partial charge in [0.05, 0.1) is 51.7 Å². The SMILES string of the molecule is COC1=CC(=O)c2c(O)c3c(c(O)c2C1=O)C(=O)C1(CCc2cc4cc(C=NNC(=O)c5csc(C)n5)[nH]c(=O)c4c(O)c21)C3=O. The van der Waals surface area contributed by atoms with Gasteiger partial charge in [-0.25, -0.2) is 10.4 Å². The number of ketones is 4. The van der Waals surface area contributed by atoms with Gasteiger partial charge in [-0.1, -0.05) is 6.07 Å². The molecule has 2 aromatic heterocycles. The number of ether oxygens (including phenoxy) is 1. The van der Waals surface area contributed by atoms with Gasteiger partial charge < -0.3 is 25.0 Å². The highest BCUT2D eigenvalue weighted by molar-refractivity contribution is 7.09. The van der Waals surface area contributed by atoms with Crippen molar-refractivity contribution in [2.24, 2.45) is 5.10 Å². The molecule has 2 heterocycles. The fourth-order valence-electron chi connectivity index (χ4n) is 6.51. The summed E-state index contributed by atoms with van der Waals surface area (Å²) in [4.78, 5) is 86.0. The number of nitrogens with zero attached hydrogens (tertiary/aromatic N) is 2. The van der Waals surface area contributed by atoms with Crippen LogP contribution in [0.25, 0.3) is 10.8 Å². The summed E-state index contributed by atoms with van der Waals surface area (Å²) < 4.78 is 4.91. The number of aromatic amines is 1. The molecular formula is C31H20N4O10S. The van der Waals surface area contributed by atoms with Gasteiger partial charge in [0.2, 0.25) is 5.78 Å². The number of benzene rings is 2. The van der Waals surface area contributed by atoms with E-state index < -0.39 is 85.3 Å². The van der Waals surface area contributed by atoms with E-state index in [1.165, 1.54) is 29.7 Å². The molecule has 230 valence electrons. The van der Waals surface area contributed by atoms with Crippen LogP contribution < -0.4 is 11.0 Å². The maximum atomic E-state index is 14.1. The zero-order chi connectivity index (χ0) is 32.8. The smallest absolute Gasteiger partial charge is 0.290 e. The summed E-state index contributed by atoms with van der Waals surface area (Å²) in [6.45, 7) is 1.75. The van der Waals surface area contributed by atoms with Crippen molar-refractivity contribution in [3.8, 4) is 17.2 Å². The Morgan fingerprint density at radius 2 is 1.74 bits per heavy atom. The van der Waals surface area contributed by atoms with Gasteiger partial charge in [0.15, 0.2) is 23.1 Å².